The van der Waals surface area contributed by atoms with E-state index in [9.17, 15) is 9.50 Å². The molecule has 18 heavy (non-hydrogen) atoms. The maximum atomic E-state index is 13.2. The van der Waals surface area contributed by atoms with E-state index in [2.05, 4.69) is 15.9 Å². The Kier molecular flexibility index (Phi) is 3.99. The summed E-state index contributed by atoms with van der Waals surface area (Å²) in [6.07, 6.45) is -0.512. The van der Waals surface area contributed by atoms with Gasteiger partial charge in [0.25, 0.3) is 0 Å². The topological polar surface area (TPSA) is 29.5 Å². The third-order valence-corrected chi connectivity index (χ3v) is 2.89. The molecule has 94 valence electrons. The van der Waals surface area contributed by atoms with Crippen LogP contribution in [0.4, 0.5) is 4.39 Å². The van der Waals surface area contributed by atoms with Crippen LogP contribution in [0.2, 0.25) is 0 Å². The van der Waals surface area contributed by atoms with Gasteiger partial charge >= 0.3 is 0 Å². The van der Waals surface area contributed by atoms with Crippen LogP contribution in [0.25, 0.3) is 0 Å². The Balaban J connectivity index is 2.18. The molecule has 0 aromatic heterocycles. The van der Waals surface area contributed by atoms with Gasteiger partial charge in [0.05, 0.1) is 6.10 Å². The van der Waals surface area contributed by atoms with Crippen molar-refractivity contribution < 1.29 is 14.2 Å². The number of halogens is 2. The zero-order chi connectivity index (χ0) is 13.1. The number of aliphatic hydroxyl groups is 1. The van der Waals surface area contributed by atoms with E-state index in [1.165, 1.54) is 12.1 Å². The highest BCUT2D eigenvalue weighted by Gasteiger charge is 2.03. The van der Waals surface area contributed by atoms with Crippen LogP contribution in [0.15, 0.2) is 46.9 Å². The summed E-state index contributed by atoms with van der Waals surface area (Å²) in [5, 5.41) is 9.38. The second-order valence-corrected chi connectivity index (χ2v) is 4.87. The van der Waals surface area contributed by atoms with Crippen molar-refractivity contribution in [1.29, 1.82) is 0 Å². The number of ether oxygens (including phenoxy) is 1. The van der Waals surface area contributed by atoms with Gasteiger partial charge in [-0.1, -0.05) is 28.1 Å². The minimum Gasteiger partial charge on any atom is -0.457 e. The van der Waals surface area contributed by atoms with Gasteiger partial charge in [-0.2, -0.15) is 0 Å². The van der Waals surface area contributed by atoms with Crippen LogP contribution in [0.3, 0.4) is 0 Å². The molecule has 0 heterocycles. The number of benzene rings is 2. The predicted molar refractivity (Wildman–Crippen MR) is 71.2 cm³/mol. The van der Waals surface area contributed by atoms with Crippen LogP contribution in [-0.2, 0) is 0 Å². The number of hydrogen-bond acceptors (Lipinski definition) is 2. The fraction of sp³-hybridized carbons (Fsp3) is 0.143. The Bertz CT molecular complexity index is 518. The predicted octanol–water partition coefficient (Wildman–Crippen LogP) is 4.43. The number of rotatable bonds is 3. The third kappa shape index (κ3) is 3.31. The fourth-order valence-corrected chi connectivity index (χ4v) is 1.98. The van der Waals surface area contributed by atoms with Crippen molar-refractivity contribution in [3.8, 4) is 11.5 Å². The van der Waals surface area contributed by atoms with Crippen molar-refractivity contribution >= 4 is 15.9 Å². The van der Waals surface area contributed by atoms with Gasteiger partial charge < -0.3 is 9.84 Å². The molecule has 2 rings (SSSR count). The average molecular weight is 311 g/mol. The van der Waals surface area contributed by atoms with Gasteiger partial charge in [0.15, 0.2) is 0 Å². The zero-order valence-electron chi connectivity index (χ0n) is 9.73. The van der Waals surface area contributed by atoms with Crippen LogP contribution >= 0.6 is 15.9 Å². The first-order chi connectivity index (χ1) is 8.54. The maximum Gasteiger partial charge on any atom is 0.131 e. The van der Waals surface area contributed by atoms with Crippen molar-refractivity contribution in [1.82, 2.24) is 0 Å². The summed E-state index contributed by atoms with van der Waals surface area (Å²) in [4.78, 5) is 0. The summed E-state index contributed by atoms with van der Waals surface area (Å²) in [6.45, 7) is 1.69. The lowest BCUT2D eigenvalue weighted by Gasteiger charge is -2.08. The van der Waals surface area contributed by atoms with Crippen LogP contribution < -0.4 is 4.74 Å². The van der Waals surface area contributed by atoms with Gasteiger partial charge in [-0.05, 0) is 36.8 Å². The van der Waals surface area contributed by atoms with E-state index < -0.39 is 6.10 Å². The van der Waals surface area contributed by atoms with E-state index in [0.29, 0.717) is 16.0 Å². The molecule has 0 amide bonds. The smallest absolute Gasteiger partial charge is 0.131 e. The maximum absolute atomic E-state index is 13.2. The Hall–Kier alpha value is -1.39. The van der Waals surface area contributed by atoms with E-state index in [0.717, 1.165) is 5.56 Å². The molecule has 1 atom stereocenters. The fourth-order valence-electron chi connectivity index (χ4n) is 1.54. The van der Waals surface area contributed by atoms with Crippen molar-refractivity contribution in [2.24, 2.45) is 0 Å². The first kappa shape index (κ1) is 13.1. The summed E-state index contributed by atoms with van der Waals surface area (Å²) in [6, 6.07) is 11.4. The summed E-state index contributed by atoms with van der Waals surface area (Å²) in [5.74, 6) is 0.656. The molecule has 0 aliphatic carbocycles. The molecule has 2 aromatic carbocycles. The summed E-state index contributed by atoms with van der Waals surface area (Å²) < 4.78 is 19.3. The lowest BCUT2D eigenvalue weighted by atomic mass is 10.1. The molecular formula is C14H12BrFO2. The van der Waals surface area contributed by atoms with Gasteiger partial charge in [0.1, 0.15) is 17.3 Å². The molecule has 0 aliphatic rings. The third-order valence-electron chi connectivity index (χ3n) is 2.43. The summed E-state index contributed by atoms with van der Waals surface area (Å²) in [7, 11) is 0. The molecule has 0 bridgehead atoms. The molecule has 0 radical (unpaired) electrons. The molecule has 4 heteroatoms. The average Bonchev–Trinajstić information content (AvgIpc) is 2.28. The molecule has 0 fully saturated rings. The normalized spacial score (nSPS) is 12.2. The van der Waals surface area contributed by atoms with E-state index in [4.69, 9.17) is 4.74 Å². The highest BCUT2D eigenvalue weighted by atomic mass is 79.9. The van der Waals surface area contributed by atoms with E-state index in [1.807, 2.05) is 0 Å². The largest absolute Gasteiger partial charge is 0.457 e. The SMILES string of the molecule is CC(O)c1ccc(Oc2cc(F)cc(Br)c2)cc1. The zero-order valence-corrected chi connectivity index (χ0v) is 11.3. The molecule has 2 nitrogen and oxygen atoms in total. The molecule has 1 unspecified atom stereocenters. The van der Waals surface area contributed by atoms with E-state index in [1.54, 1.807) is 37.3 Å². The summed E-state index contributed by atoms with van der Waals surface area (Å²) >= 11 is 3.20. The molecule has 0 aliphatic heterocycles. The first-order valence-electron chi connectivity index (χ1n) is 5.46. The van der Waals surface area contributed by atoms with Gasteiger partial charge in [-0.25, -0.2) is 4.39 Å². The van der Waals surface area contributed by atoms with Gasteiger partial charge in [0.2, 0.25) is 0 Å². The van der Waals surface area contributed by atoms with Crippen molar-refractivity contribution in [2.45, 2.75) is 13.0 Å². The van der Waals surface area contributed by atoms with Gasteiger partial charge in [-0.15, -0.1) is 0 Å². The van der Waals surface area contributed by atoms with Crippen LogP contribution in [-0.4, -0.2) is 5.11 Å². The van der Waals surface area contributed by atoms with Crippen LogP contribution in [0, 0.1) is 5.82 Å². The summed E-state index contributed by atoms with van der Waals surface area (Å²) in [5.41, 5.74) is 0.808. The quantitative estimate of drug-likeness (QED) is 0.908. The molecule has 2 aromatic rings. The van der Waals surface area contributed by atoms with Crippen molar-refractivity contribution in [3.05, 3.63) is 58.3 Å². The second kappa shape index (κ2) is 5.50. The van der Waals surface area contributed by atoms with Crippen molar-refractivity contribution in [2.75, 3.05) is 0 Å². The monoisotopic (exact) mass is 310 g/mol. The van der Waals surface area contributed by atoms with Crippen LogP contribution in [0.5, 0.6) is 11.5 Å². The van der Waals surface area contributed by atoms with Crippen molar-refractivity contribution in [3.63, 3.8) is 0 Å². The highest BCUT2D eigenvalue weighted by Crippen LogP contribution is 2.26. The lowest BCUT2D eigenvalue weighted by Crippen LogP contribution is -1.91. The second-order valence-electron chi connectivity index (χ2n) is 3.95. The standard InChI is InChI=1S/C14H12BrFO2/c1-9(17)10-2-4-13(5-3-10)18-14-7-11(15)6-12(16)8-14/h2-9,17H,1H3. The minimum absolute atomic E-state index is 0.361. The Labute approximate surface area is 113 Å². The van der Waals surface area contributed by atoms with Gasteiger partial charge in [0, 0.05) is 10.5 Å². The molecule has 0 saturated heterocycles. The minimum atomic E-state index is -0.512. The number of hydrogen-bond donors (Lipinski definition) is 1. The molecule has 0 saturated carbocycles. The number of aliphatic hydroxyl groups excluding tert-OH is 1. The molecule has 1 N–H and O–H groups in total. The first-order valence-corrected chi connectivity index (χ1v) is 6.26. The van der Waals surface area contributed by atoms with E-state index >= 15 is 0 Å². The molecular weight excluding hydrogens is 299 g/mol. The van der Waals surface area contributed by atoms with Crippen LogP contribution in [0.1, 0.15) is 18.6 Å². The lowest BCUT2D eigenvalue weighted by molar-refractivity contribution is 0.199. The van der Waals surface area contributed by atoms with Gasteiger partial charge in [-0.3, -0.25) is 0 Å². The molecule has 0 spiro atoms. The Morgan fingerprint density at radius 2 is 1.78 bits per heavy atom. The Morgan fingerprint density at radius 3 is 2.33 bits per heavy atom. The highest BCUT2D eigenvalue weighted by molar-refractivity contribution is 9.10. The van der Waals surface area contributed by atoms with E-state index in [-0.39, 0.29) is 5.82 Å². The Morgan fingerprint density at radius 1 is 1.11 bits per heavy atom.